The summed E-state index contributed by atoms with van der Waals surface area (Å²) in [7, 11) is 3.31. The zero-order valence-electron chi connectivity index (χ0n) is 19.8. The maximum absolute atomic E-state index is 5.98. The Morgan fingerprint density at radius 1 is 1.00 bits per heavy atom. The Morgan fingerprint density at radius 2 is 1.68 bits per heavy atom. The van der Waals surface area contributed by atoms with Gasteiger partial charge in [-0.05, 0) is 36.8 Å². The predicted molar refractivity (Wildman–Crippen MR) is 129 cm³/mol. The fourth-order valence-corrected chi connectivity index (χ4v) is 4.68. The first-order chi connectivity index (χ1) is 16.7. The van der Waals surface area contributed by atoms with Crippen LogP contribution in [0.3, 0.4) is 0 Å². The van der Waals surface area contributed by atoms with Crippen LogP contribution in [0.4, 0.5) is 0 Å². The molecule has 4 heterocycles. The molecule has 0 aliphatic carbocycles. The predicted octanol–water partition coefficient (Wildman–Crippen LogP) is 3.93. The minimum absolute atomic E-state index is 0.112. The number of fused-ring (bicyclic) bond motifs is 3. The molecule has 0 saturated heterocycles. The molecule has 1 aliphatic heterocycles. The molecule has 1 aliphatic rings. The minimum atomic E-state index is 0.112. The molecule has 34 heavy (non-hydrogen) atoms. The zero-order chi connectivity index (χ0) is 23.5. The minimum Gasteiger partial charge on any atom is -0.481 e. The van der Waals surface area contributed by atoms with Crippen LogP contribution in [0.1, 0.15) is 28.6 Å². The SMILES string of the molecule is COc1ncccc1CN(Cc1cccnc1OC)C[C@H]1COCc2nc3ccc(C)cc3n21. The maximum atomic E-state index is 5.98. The van der Waals surface area contributed by atoms with Gasteiger partial charge in [0, 0.05) is 43.2 Å². The van der Waals surface area contributed by atoms with Crippen molar-refractivity contribution in [2.24, 2.45) is 0 Å². The number of methoxy groups -OCH3 is 2. The van der Waals surface area contributed by atoms with Crippen molar-refractivity contribution in [2.75, 3.05) is 27.4 Å². The molecule has 0 radical (unpaired) electrons. The van der Waals surface area contributed by atoms with Crippen LogP contribution in [-0.4, -0.2) is 51.8 Å². The standard InChI is InChI=1S/C26H29N5O3/c1-18-8-9-22-23(12-18)31-21(16-34-17-24(31)29-22)15-30(13-19-6-4-10-27-25(19)32-2)14-20-7-5-11-28-26(20)33-3/h4-12,21H,13-17H2,1-3H3/t21-/m0/s1. The van der Waals surface area contributed by atoms with Crippen LogP contribution in [0.25, 0.3) is 11.0 Å². The molecule has 8 nitrogen and oxygen atoms in total. The van der Waals surface area contributed by atoms with Gasteiger partial charge in [0.2, 0.25) is 11.8 Å². The third-order valence-electron chi connectivity index (χ3n) is 6.17. The highest BCUT2D eigenvalue weighted by molar-refractivity contribution is 5.77. The molecule has 0 bridgehead atoms. The summed E-state index contributed by atoms with van der Waals surface area (Å²) in [5, 5.41) is 0. The van der Waals surface area contributed by atoms with Crippen molar-refractivity contribution >= 4 is 11.0 Å². The van der Waals surface area contributed by atoms with Crippen molar-refractivity contribution in [1.29, 1.82) is 0 Å². The highest BCUT2D eigenvalue weighted by Crippen LogP contribution is 2.29. The van der Waals surface area contributed by atoms with E-state index in [1.54, 1.807) is 26.6 Å². The van der Waals surface area contributed by atoms with E-state index in [2.05, 4.69) is 56.7 Å². The Balaban J connectivity index is 1.50. The van der Waals surface area contributed by atoms with Crippen LogP contribution in [0.15, 0.2) is 54.9 Å². The van der Waals surface area contributed by atoms with E-state index >= 15 is 0 Å². The Bertz CT molecular complexity index is 1240. The third kappa shape index (κ3) is 4.47. The lowest BCUT2D eigenvalue weighted by atomic mass is 10.1. The summed E-state index contributed by atoms with van der Waals surface area (Å²) < 4.78 is 19.4. The number of hydrogen-bond donors (Lipinski definition) is 0. The molecular formula is C26H29N5O3. The smallest absolute Gasteiger partial charge is 0.217 e. The summed E-state index contributed by atoms with van der Waals surface area (Å²) in [5.74, 6) is 2.24. The quantitative estimate of drug-likeness (QED) is 0.395. The summed E-state index contributed by atoms with van der Waals surface area (Å²) in [6.45, 7) is 5.33. The van der Waals surface area contributed by atoms with Crippen molar-refractivity contribution in [1.82, 2.24) is 24.4 Å². The molecule has 0 saturated carbocycles. The third-order valence-corrected chi connectivity index (χ3v) is 6.17. The summed E-state index contributed by atoms with van der Waals surface area (Å²) in [4.78, 5) is 16.0. The molecule has 0 fully saturated rings. The second-order valence-electron chi connectivity index (χ2n) is 8.57. The van der Waals surface area contributed by atoms with Gasteiger partial charge in [-0.1, -0.05) is 18.2 Å². The molecule has 8 heteroatoms. The summed E-state index contributed by atoms with van der Waals surface area (Å²) in [6.07, 6.45) is 3.50. The van der Waals surface area contributed by atoms with E-state index in [0.717, 1.165) is 34.5 Å². The van der Waals surface area contributed by atoms with E-state index in [-0.39, 0.29) is 6.04 Å². The number of aromatic nitrogens is 4. The number of pyridine rings is 2. The van der Waals surface area contributed by atoms with Gasteiger partial charge in [-0.25, -0.2) is 15.0 Å². The number of rotatable bonds is 8. The highest BCUT2D eigenvalue weighted by Gasteiger charge is 2.27. The van der Waals surface area contributed by atoms with Crippen LogP contribution in [0.5, 0.6) is 11.8 Å². The van der Waals surface area contributed by atoms with Crippen molar-refractivity contribution in [3.05, 3.63) is 77.4 Å². The second-order valence-corrected chi connectivity index (χ2v) is 8.57. The van der Waals surface area contributed by atoms with E-state index in [4.69, 9.17) is 19.2 Å². The Hall–Kier alpha value is -3.49. The monoisotopic (exact) mass is 459 g/mol. The molecule has 176 valence electrons. The molecule has 1 aromatic carbocycles. The highest BCUT2D eigenvalue weighted by atomic mass is 16.5. The molecule has 0 amide bonds. The topological polar surface area (TPSA) is 74.5 Å². The van der Waals surface area contributed by atoms with Gasteiger partial charge in [-0.2, -0.15) is 0 Å². The average molecular weight is 460 g/mol. The van der Waals surface area contributed by atoms with Gasteiger partial charge in [-0.3, -0.25) is 4.90 Å². The van der Waals surface area contributed by atoms with Crippen LogP contribution in [-0.2, 0) is 24.4 Å². The number of imidazole rings is 1. The van der Waals surface area contributed by atoms with Gasteiger partial charge in [0.05, 0.1) is 37.9 Å². The van der Waals surface area contributed by atoms with Gasteiger partial charge in [-0.15, -0.1) is 0 Å². The fourth-order valence-electron chi connectivity index (χ4n) is 4.68. The van der Waals surface area contributed by atoms with E-state index in [1.807, 2.05) is 12.1 Å². The van der Waals surface area contributed by atoms with Crippen molar-refractivity contribution in [2.45, 2.75) is 32.7 Å². The van der Waals surface area contributed by atoms with E-state index in [9.17, 15) is 0 Å². The lowest BCUT2D eigenvalue weighted by Crippen LogP contribution is -2.35. The van der Waals surface area contributed by atoms with E-state index in [1.165, 1.54) is 5.56 Å². The van der Waals surface area contributed by atoms with Crippen LogP contribution >= 0.6 is 0 Å². The molecule has 1 atom stereocenters. The molecule has 5 rings (SSSR count). The van der Waals surface area contributed by atoms with Crippen molar-refractivity contribution in [3.63, 3.8) is 0 Å². The summed E-state index contributed by atoms with van der Waals surface area (Å²) >= 11 is 0. The lowest BCUT2D eigenvalue weighted by Gasteiger charge is -2.32. The van der Waals surface area contributed by atoms with Gasteiger partial charge in [0.1, 0.15) is 12.4 Å². The molecule has 4 aromatic rings. The van der Waals surface area contributed by atoms with Gasteiger partial charge in [0.25, 0.3) is 0 Å². The van der Waals surface area contributed by atoms with E-state index in [0.29, 0.717) is 38.1 Å². The molecule has 0 spiro atoms. The first-order valence-corrected chi connectivity index (χ1v) is 11.4. The van der Waals surface area contributed by atoms with Gasteiger partial charge < -0.3 is 18.8 Å². The molecule has 0 unspecified atom stereocenters. The first kappa shape index (κ1) is 22.3. The molecule has 3 aromatic heterocycles. The Labute approximate surface area is 199 Å². The van der Waals surface area contributed by atoms with Gasteiger partial charge >= 0.3 is 0 Å². The number of nitrogens with zero attached hydrogens (tertiary/aromatic N) is 5. The Morgan fingerprint density at radius 3 is 2.32 bits per heavy atom. The normalized spacial score (nSPS) is 15.5. The fraction of sp³-hybridized carbons (Fsp3) is 0.346. The first-order valence-electron chi connectivity index (χ1n) is 11.4. The lowest BCUT2D eigenvalue weighted by molar-refractivity contribution is 0.0400. The van der Waals surface area contributed by atoms with Gasteiger partial charge in [0.15, 0.2) is 0 Å². The van der Waals surface area contributed by atoms with Crippen LogP contribution in [0, 0.1) is 6.92 Å². The number of hydrogen-bond acceptors (Lipinski definition) is 7. The zero-order valence-corrected chi connectivity index (χ0v) is 19.8. The van der Waals surface area contributed by atoms with Crippen LogP contribution in [0.2, 0.25) is 0 Å². The number of aryl methyl sites for hydroxylation is 1. The van der Waals surface area contributed by atoms with Crippen LogP contribution < -0.4 is 9.47 Å². The maximum Gasteiger partial charge on any atom is 0.217 e. The van der Waals surface area contributed by atoms with Crippen molar-refractivity contribution < 1.29 is 14.2 Å². The molecule has 0 N–H and O–H groups in total. The molecular weight excluding hydrogens is 430 g/mol. The summed E-state index contributed by atoms with van der Waals surface area (Å²) in [6, 6.07) is 14.5. The largest absolute Gasteiger partial charge is 0.481 e. The summed E-state index contributed by atoms with van der Waals surface area (Å²) in [5.41, 5.74) is 5.43. The second kappa shape index (κ2) is 9.79. The number of ether oxygens (including phenoxy) is 3. The average Bonchev–Trinajstić information content (AvgIpc) is 3.23. The number of benzene rings is 1. The van der Waals surface area contributed by atoms with E-state index < -0.39 is 0 Å². The Kier molecular flexibility index (Phi) is 6.42. The van der Waals surface area contributed by atoms with Crippen molar-refractivity contribution in [3.8, 4) is 11.8 Å².